The molecule has 2 aromatic carbocycles. The molecule has 5 nitrogen and oxygen atoms in total. The number of phenols is 1. The third-order valence-corrected chi connectivity index (χ3v) is 3.82. The molecule has 25 heavy (non-hydrogen) atoms. The Morgan fingerprint density at radius 3 is 2.20 bits per heavy atom. The van der Waals surface area contributed by atoms with E-state index in [9.17, 15) is 28.2 Å². The minimum absolute atomic E-state index is 0.0722. The molecule has 2 N–H and O–H groups in total. The summed E-state index contributed by atoms with van der Waals surface area (Å²) >= 11 is 0. The summed E-state index contributed by atoms with van der Waals surface area (Å²) in [6.07, 6.45) is -6.62. The van der Waals surface area contributed by atoms with E-state index in [0.29, 0.717) is 5.01 Å². The first-order valence-corrected chi connectivity index (χ1v) is 7.31. The number of rotatable bonds is 3. The number of aromatic hydroxyl groups is 1. The van der Waals surface area contributed by atoms with Crippen molar-refractivity contribution in [3.8, 4) is 5.75 Å². The molecule has 8 heteroatoms. The Kier molecular flexibility index (Phi) is 4.22. The number of aliphatic hydroxyl groups excluding tert-OH is 1. The zero-order valence-corrected chi connectivity index (χ0v) is 12.7. The number of phenolic OH excluding ortho intramolecular Hbond substituents is 1. The van der Waals surface area contributed by atoms with E-state index < -0.39 is 29.8 Å². The van der Waals surface area contributed by atoms with E-state index in [0.717, 1.165) is 0 Å². The van der Waals surface area contributed by atoms with Gasteiger partial charge in [0, 0.05) is 0 Å². The quantitative estimate of drug-likeness (QED) is 0.894. The molecule has 2 aromatic rings. The fourth-order valence-corrected chi connectivity index (χ4v) is 2.60. The van der Waals surface area contributed by atoms with E-state index in [1.165, 1.54) is 36.4 Å². The average Bonchev–Trinajstić information content (AvgIpc) is 2.93. The van der Waals surface area contributed by atoms with Gasteiger partial charge in [-0.3, -0.25) is 4.79 Å². The maximum Gasteiger partial charge on any atom is 0.432 e. The Balaban J connectivity index is 2.01. The zero-order valence-electron chi connectivity index (χ0n) is 12.7. The van der Waals surface area contributed by atoms with Gasteiger partial charge in [0.25, 0.3) is 5.91 Å². The molecule has 2 atom stereocenters. The van der Waals surface area contributed by atoms with Gasteiger partial charge >= 0.3 is 6.18 Å². The maximum absolute atomic E-state index is 13.4. The van der Waals surface area contributed by atoms with E-state index in [-0.39, 0.29) is 17.0 Å². The molecule has 3 rings (SSSR count). The van der Waals surface area contributed by atoms with Crippen LogP contribution in [-0.2, 0) is 4.79 Å². The van der Waals surface area contributed by atoms with Crippen LogP contribution in [0.15, 0.2) is 59.7 Å². The van der Waals surface area contributed by atoms with Crippen molar-refractivity contribution < 1.29 is 28.2 Å². The molecule has 130 valence electrons. The molecule has 1 heterocycles. The highest BCUT2D eigenvalue weighted by Gasteiger charge is 2.53. The summed E-state index contributed by atoms with van der Waals surface area (Å²) in [6, 6.07) is 12.6. The van der Waals surface area contributed by atoms with E-state index >= 15 is 0 Å². The van der Waals surface area contributed by atoms with Crippen LogP contribution in [0.25, 0.3) is 0 Å². The topological polar surface area (TPSA) is 73.1 Å². The highest BCUT2D eigenvalue weighted by atomic mass is 19.4. The molecule has 0 saturated heterocycles. The number of amides is 1. The number of para-hydroxylation sites is 1. The lowest BCUT2D eigenvalue weighted by atomic mass is 9.91. The van der Waals surface area contributed by atoms with Gasteiger partial charge in [0.1, 0.15) is 11.7 Å². The molecular weight excluding hydrogens is 337 g/mol. The van der Waals surface area contributed by atoms with Crippen LogP contribution in [0.5, 0.6) is 5.75 Å². The van der Waals surface area contributed by atoms with E-state index in [4.69, 9.17) is 0 Å². The third kappa shape index (κ3) is 3.20. The van der Waals surface area contributed by atoms with Crippen LogP contribution in [0, 0.1) is 5.92 Å². The smallest absolute Gasteiger partial charge is 0.432 e. The van der Waals surface area contributed by atoms with E-state index in [2.05, 4.69) is 5.10 Å². The van der Waals surface area contributed by atoms with Crippen LogP contribution >= 0.6 is 0 Å². The monoisotopic (exact) mass is 350 g/mol. The Morgan fingerprint density at radius 2 is 1.64 bits per heavy atom. The fourth-order valence-electron chi connectivity index (χ4n) is 2.60. The standard InChI is InChI=1S/C17H13F3N2O3/c18-17(19,20)15-13(14(24)10-6-8-12(23)9-7-10)16(25)22(21-15)11-4-2-1-3-5-11/h1-9,13-14,23-24H. The summed E-state index contributed by atoms with van der Waals surface area (Å²) in [4.78, 5) is 12.5. The number of nitrogens with zero attached hydrogens (tertiary/aromatic N) is 2. The van der Waals surface area contributed by atoms with Gasteiger partial charge in [0.2, 0.25) is 0 Å². The second-order valence-corrected chi connectivity index (χ2v) is 5.48. The molecule has 0 bridgehead atoms. The zero-order chi connectivity index (χ0) is 18.2. The first kappa shape index (κ1) is 17.0. The van der Waals surface area contributed by atoms with Gasteiger partial charge in [-0.2, -0.15) is 23.3 Å². The maximum atomic E-state index is 13.4. The van der Waals surface area contributed by atoms with E-state index in [1.54, 1.807) is 18.2 Å². The van der Waals surface area contributed by atoms with Gasteiger partial charge in [0.15, 0.2) is 5.71 Å². The van der Waals surface area contributed by atoms with Crippen molar-refractivity contribution in [1.29, 1.82) is 0 Å². The number of alkyl halides is 3. The number of hydrogen-bond donors (Lipinski definition) is 2. The van der Waals surface area contributed by atoms with Crippen LogP contribution in [-0.4, -0.2) is 28.0 Å². The number of carbonyl (C=O) groups excluding carboxylic acids is 1. The van der Waals surface area contributed by atoms with Crippen molar-refractivity contribution in [2.24, 2.45) is 11.0 Å². The van der Waals surface area contributed by atoms with Gasteiger partial charge < -0.3 is 10.2 Å². The van der Waals surface area contributed by atoms with Crippen molar-refractivity contribution in [3.63, 3.8) is 0 Å². The van der Waals surface area contributed by atoms with Crippen LogP contribution < -0.4 is 5.01 Å². The van der Waals surface area contributed by atoms with Crippen LogP contribution in [0.4, 0.5) is 18.9 Å². The molecule has 0 radical (unpaired) electrons. The first-order valence-electron chi connectivity index (χ1n) is 7.31. The highest BCUT2D eigenvalue weighted by Crippen LogP contribution is 2.38. The van der Waals surface area contributed by atoms with Gasteiger partial charge in [-0.1, -0.05) is 30.3 Å². The first-order chi connectivity index (χ1) is 11.8. The summed E-state index contributed by atoms with van der Waals surface area (Å²) in [6.45, 7) is 0. The lowest BCUT2D eigenvalue weighted by molar-refractivity contribution is -0.123. The number of halogens is 3. The Labute approximate surface area is 140 Å². The SMILES string of the molecule is O=C1C(C(O)c2ccc(O)cc2)C(C(F)(F)F)=NN1c1ccccc1. The molecule has 0 aliphatic carbocycles. The molecule has 2 unspecified atom stereocenters. The Bertz CT molecular complexity index is 804. The fraction of sp³-hybridized carbons (Fsp3) is 0.176. The molecule has 1 aliphatic heterocycles. The van der Waals surface area contributed by atoms with Crippen molar-refractivity contribution in [2.75, 3.05) is 5.01 Å². The Morgan fingerprint density at radius 1 is 1.04 bits per heavy atom. The molecule has 0 saturated carbocycles. The molecule has 0 aromatic heterocycles. The summed E-state index contributed by atoms with van der Waals surface area (Å²) in [5, 5.41) is 23.7. The number of carbonyl (C=O) groups is 1. The number of aliphatic hydroxyl groups is 1. The highest BCUT2D eigenvalue weighted by molar-refractivity contribution is 6.17. The summed E-state index contributed by atoms with van der Waals surface area (Å²) in [5.74, 6) is -2.96. The summed E-state index contributed by atoms with van der Waals surface area (Å²) in [7, 11) is 0. The molecule has 1 aliphatic rings. The summed E-state index contributed by atoms with van der Waals surface area (Å²) in [5.41, 5.74) is -1.11. The lowest BCUT2D eigenvalue weighted by Crippen LogP contribution is -2.37. The predicted molar refractivity (Wildman–Crippen MR) is 84.0 cm³/mol. The van der Waals surface area contributed by atoms with Crippen LogP contribution in [0.3, 0.4) is 0 Å². The summed E-state index contributed by atoms with van der Waals surface area (Å²) < 4.78 is 40.1. The molecule has 0 spiro atoms. The number of benzene rings is 2. The van der Waals surface area contributed by atoms with Crippen LogP contribution in [0.1, 0.15) is 11.7 Å². The normalized spacial score (nSPS) is 19.0. The molecule has 1 amide bonds. The van der Waals surface area contributed by atoms with Crippen molar-refractivity contribution in [1.82, 2.24) is 0 Å². The van der Waals surface area contributed by atoms with E-state index in [1.807, 2.05) is 0 Å². The average molecular weight is 350 g/mol. The van der Waals surface area contributed by atoms with Gasteiger partial charge in [-0.05, 0) is 29.8 Å². The third-order valence-electron chi connectivity index (χ3n) is 3.82. The Hall–Kier alpha value is -2.87. The molecular formula is C17H13F3N2O3. The molecule has 0 fully saturated rings. The van der Waals surface area contributed by atoms with Crippen molar-refractivity contribution in [3.05, 3.63) is 60.2 Å². The minimum atomic E-state index is -4.87. The lowest BCUT2D eigenvalue weighted by Gasteiger charge is -2.20. The van der Waals surface area contributed by atoms with Gasteiger partial charge in [-0.25, -0.2) is 0 Å². The van der Waals surface area contributed by atoms with Crippen molar-refractivity contribution >= 4 is 17.3 Å². The minimum Gasteiger partial charge on any atom is -0.508 e. The predicted octanol–water partition coefficient (Wildman–Crippen LogP) is 3.01. The van der Waals surface area contributed by atoms with Crippen molar-refractivity contribution in [2.45, 2.75) is 12.3 Å². The van der Waals surface area contributed by atoms with Gasteiger partial charge in [0.05, 0.1) is 11.8 Å². The number of hydrogen-bond acceptors (Lipinski definition) is 4. The number of hydrazone groups is 1. The number of anilines is 1. The largest absolute Gasteiger partial charge is 0.508 e. The van der Waals surface area contributed by atoms with Crippen LogP contribution in [0.2, 0.25) is 0 Å². The second-order valence-electron chi connectivity index (χ2n) is 5.48. The second kappa shape index (κ2) is 6.21. The van der Waals surface area contributed by atoms with Gasteiger partial charge in [-0.15, -0.1) is 0 Å².